The molecule has 0 radical (unpaired) electrons. The van der Waals surface area contributed by atoms with Gasteiger partial charge < -0.3 is 59.5 Å². The van der Waals surface area contributed by atoms with Crippen LogP contribution in [0, 0.1) is 0 Å². The number of nitrogens with one attached hydrogen (secondary N) is 4. The molecule has 0 aliphatic carbocycles. The number of carbonyl (C=O) groups is 4. The Morgan fingerprint density at radius 2 is 0.926 bits per heavy atom. The van der Waals surface area contributed by atoms with Gasteiger partial charge in [0.15, 0.2) is 22.8 Å². The predicted octanol–water partition coefficient (Wildman–Crippen LogP) is 9.11. The fourth-order valence-electron chi connectivity index (χ4n) is 8.21. The lowest BCUT2D eigenvalue weighted by Gasteiger charge is -2.13. The van der Waals surface area contributed by atoms with E-state index in [1.54, 1.807) is 114 Å². The summed E-state index contributed by atoms with van der Waals surface area (Å²) in [5.41, 5.74) is 6.89. The molecule has 6 aromatic heterocycles. The molecule has 10 rings (SSSR count). The fraction of sp³-hybridized carbons (Fsp3) is 0.123. The zero-order valence-electron chi connectivity index (χ0n) is 44.4. The molecule has 0 aliphatic rings. The Morgan fingerprint density at radius 1 is 0.481 bits per heavy atom. The van der Waals surface area contributed by atoms with Gasteiger partial charge >= 0.3 is 11.9 Å². The molecule has 0 spiro atoms. The fourth-order valence-corrected chi connectivity index (χ4v) is 8.21. The van der Waals surface area contributed by atoms with Gasteiger partial charge in [0.1, 0.15) is 34.3 Å². The number of nitrogens with zero attached hydrogens (tertiary/aromatic N) is 8. The van der Waals surface area contributed by atoms with E-state index in [9.17, 15) is 24.3 Å². The third-order valence-electron chi connectivity index (χ3n) is 12.1. The van der Waals surface area contributed by atoms with Gasteiger partial charge in [0.2, 0.25) is 0 Å². The predicted molar refractivity (Wildman–Crippen MR) is 298 cm³/mol. The van der Waals surface area contributed by atoms with Crippen molar-refractivity contribution < 1.29 is 57.4 Å². The van der Waals surface area contributed by atoms with Crippen molar-refractivity contribution in [1.82, 2.24) is 39.2 Å². The second-order valence-corrected chi connectivity index (χ2v) is 17.0. The first-order valence-corrected chi connectivity index (χ1v) is 24.3. The normalized spacial score (nSPS) is 10.7. The molecular weight excluding hydrogens is 1040 g/mol. The maximum absolute atomic E-state index is 13.1. The molecule has 0 bridgehead atoms. The van der Waals surface area contributed by atoms with Gasteiger partial charge in [0.05, 0.1) is 72.5 Å². The van der Waals surface area contributed by atoms with Crippen LogP contribution >= 0.6 is 0 Å². The Kier molecular flexibility index (Phi) is 16.4. The molecule has 24 heteroatoms. The monoisotopic (exact) mass is 1090 g/mol. The van der Waals surface area contributed by atoms with Crippen LogP contribution in [-0.4, -0.2) is 118 Å². The van der Waals surface area contributed by atoms with Crippen LogP contribution in [-0.2, 0) is 4.74 Å². The largest absolute Gasteiger partial charge is 0.496 e. The maximum atomic E-state index is 13.1. The lowest BCUT2D eigenvalue weighted by molar-refractivity contribution is 0.0596. The van der Waals surface area contributed by atoms with Crippen LogP contribution in [0.3, 0.4) is 0 Å². The van der Waals surface area contributed by atoms with E-state index in [0.29, 0.717) is 103 Å². The van der Waals surface area contributed by atoms with E-state index in [-0.39, 0.29) is 34.4 Å². The number of hydrogen-bond donors (Lipinski definition) is 5. The average Bonchev–Trinajstić information content (AvgIpc) is 4.22. The minimum atomic E-state index is -1.12. The van der Waals surface area contributed by atoms with Crippen LogP contribution in [0.4, 0.5) is 34.4 Å². The first-order chi connectivity index (χ1) is 39.3. The summed E-state index contributed by atoms with van der Waals surface area (Å²) in [6, 6.07) is 33.7. The van der Waals surface area contributed by atoms with Crippen LogP contribution < -0.4 is 49.7 Å². The van der Waals surface area contributed by atoms with E-state index in [0.717, 1.165) is 0 Å². The topological polar surface area (TPSA) is 287 Å². The number of aromatic nitrogens is 8. The lowest BCUT2D eigenvalue weighted by atomic mass is 10.1. The van der Waals surface area contributed by atoms with E-state index in [2.05, 4.69) is 51.4 Å². The number of pyridine rings is 2. The number of hydrogen-bond acceptors (Lipinski definition) is 19. The smallest absolute Gasteiger partial charge is 0.341 e. The number of methoxy groups -OCH3 is 7. The molecule has 0 aliphatic heterocycles. The molecule has 4 aromatic carbocycles. The summed E-state index contributed by atoms with van der Waals surface area (Å²) in [6.07, 6.45) is 6.72. The number of carboxylic acid groups (broad SMARTS) is 1. The van der Waals surface area contributed by atoms with Gasteiger partial charge in [-0.1, -0.05) is 24.3 Å². The number of carbonyl (C=O) groups excluding carboxylic acids is 3. The SMILES string of the molecule is COC(=O)c1ccc(NC(=O)c2cccc(-c3cc(Nc4ccc(OC)c(OC)n4)c4nccn4n3)c2)cc1OC.COc1cc(NC(=O)c2cccc(-c3cc(Nc4ccc(OC)c(OC)n4)c4nccn4n3)c2)ccc1C(=O)O. The molecular formula is C57H50N12O12. The van der Waals surface area contributed by atoms with Crippen molar-refractivity contribution in [1.29, 1.82) is 0 Å². The summed E-state index contributed by atoms with van der Waals surface area (Å²) < 4.78 is 39.6. The summed E-state index contributed by atoms with van der Waals surface area (Å²) >= 11 is 0. The minimum Gasteiger partial charge on any atom is -0.496 e. The van der Waals surface area contributed by atoms with E-state index in [1.165, 1.54) is 66.9 Å². The summed E-state index contributed by atoms with van der Waals surface area (Å²) in [6.45, 7) is 0. The van der Waals surface area contributed by atoms with E-state index >= 15 is 0 Å². The summed E-state index contributed by atoms with van der Waals surface area (Å²) in [4.78, 5) is 67.2. The van der Waals surface area contributed by atoms with Crippen molar-refractivity contribution in [2.75, 3.05) is 71.0 Å². The third-order valence-corrected chi connectivity index (χ3v) is 12.1. The van der Waals surface area contributed by atoms with Gasteiger partial charge in [-0.2, -0.15) is 20.2 Å². The molecule has 6 heterocycles. The summed E-state index contributed by atoms with van der Waals surface area (Å²) in [5.74, 6) is 0.728. The third kappa shape index (κ3) is 12.1. The van der Waals surface area contributed by atoms with Crippen LogP contribution in [0.2, 0.25) is 0 Å². The van der Waals surface area contributed by atoms with E-state index in [1.807, 2.05) is 24.3 Å². The molecule has 24 nitrogen and oxygen atoms in total. The second kappa shape index (κ2) is 24.4. The molecule has 410 valence electrons. The number of aromatic carboxylic acids is 1. The minimum absolute atomic E-state index is 0.00355. The van der Waals surface area contributed by atoms with E-state index < -0.39 is 11.9 Å². The van der Waals surface area contributed by atoms with Crippen LogP contribution in [0.25, 0.3) is 33.8 Å². The van der Waals surface area contributed by atoms with Crippen molar-refractivity contribution in [3.63, 3.8) is 0 Å². The first-order valence-electron chi connectivity index (χ1n) is 24.3. The summed E-state index contributed by atoms with van der Waals surface area (Å²) in [7, 11) is 10.2. The van der Waals surface area contributed by atoms with Gasteiger partial charge in [0.25, 0.3) is 23.6 Å². The maximum Gasteiger partial charge on any atom is 0.341 e. The Hall–Kier alpha value is -11.3. The van der Waals surface area contributed by atoms with Crippen molar-refractivity contribution >= 4 is 69.4 Å². The molecule has 0 saturated carbocycles. The quantitative estimate of drug-likeness (QED) is 0.0500. The highest BCUT2D eigenvalue weighted by molar-refractivity contribution is 6.06. The molecule has 0 unspecified atom stereocenters. The molecule has 81 heavy (non-hydrogen) atoms. The Morgan fingerprint density at radius 3 is 1.35 bits per heavy atom. The van der Waals surface area contributed by atoms with Crippen molar-refractivity contribution in [2.45, 2.75) is 0 Å². The van der Waals surface area contributed by atoms with Crippen molar-refractivity contribution in [3.05, 3.63) is 168 Å². The number of esters is 1. The Bertz CT molecular complexity index is 4000. The number of ether oxygens (including phenoxy) is 7. The Balaban J connectivity index is 0.000000196. The number of fused-ring (bicyclic) bond motifs is 2. The highest BCUT2D eigenvalue weighted by Crippen LogP contribution is 2.33. The zero-order valence-corrected chi connectivity index (χ0v) is 44.4. The number of benzene rings is 4. The number of anilines is 6. The molecule has 0 atom stereocenters. The number of amides is 2. The molecule has 5 N–H and O–H groups in total. The van der Waals surface area contributed by atoms with Gasteiger partial charge in [-0.3, -0.25) is 9.59 Å². The number of imidazole rings is 2. The van der Waals surface area contributed by atoms with Crippen molar-refractivity contribution in [2.24, 2.45) is 0 Å². The van der Waals surface area contributed by atoms with Crippen LogP contribution in [0.15, 0.2) is 146 Å². The zero-order chi connectivity index (χ0) is 57.2. The first kappa shape index (κ1) is 54.5. The van der Waals surface area contributed by atoms with Crippen LogP contribution in [0.1, 0.15) is 41.4 Å². The van der Waals surface area contributed by atoms with Gasteiger partial charge in [-0.25, -0.2) is 28.6 Å². The van der Waals surface area contributed by atoms with Gasteiger partial charge in [-0.05, 0) is 84.9 Å². The highest BCUT2D eigenvalue weighted by atomic mass is 16.5. The second-order valence-electron chi connectivity index (χ2n) is 17.0. The molecule has 10 aromatic rings. The van der Waals surface area contributed by atoms with Gasteiger partial charge in [0, 0.05) is 70.5 Å². The number of rotatable bonds is 18. The molecule has 2 amide bonds. The van der Waals surface area contributed by atoms with Crippen molar-refractivity contribution in [3.8, 4) is 57.3 Å². The highest BCUT2D eigenvalue weighted by Gasteiger charge is 2.19. The molecule has 0 fully saturated rings. The average molecular weight is 1100 g/mol. The van der Waals surface area contributed by atoms with Crippen LogP contribution in [0.5, 0.6) is 34.8 Å². The number of carboxylic acids is 1. The lowest BCUT2D eigenvalue weighted by Crippen LogP contribution is -2.13. The summed E-state index contributed by atoms with van der Waals surface area (Å²) in [5, 5.41) is 30.7. The Labute approximate surface area is 461 Å². The van der Waals surface area contributed by atoms with E-state index in [4.69, 9.17) is 33.2 Å². The standard InChI is InChI=1S/C29H26N6O6.C28H24N6O6/c1-38-23-10-11-25(33-28(23)40-3)32-22-16-21(34-35-13-12-30-26(22)35)17-6-5-7-18(14-17)27(36)31-19-8-9-20(29(37)41-4)24(15-19)39-2;1-38-22-9-10-24(32-27(22)40-3)31-21-15-20(33-34-12-11-29-25(21)34)16-5-4-6-17(13-16)26(35)30-18-7-8-19(28(36)37)23(14-18)39-2/h5-16H,1-4H3,(H,31,36)(H,32,33);4-15H,1-3H3,(H,30,35)(H,31,32)(H,36,37). The van der Waals surface area contributed by atoms with Gasteiger partial charge in [-0.15, -0.1) is 0 Å². The molecule has 0 saturated heterocycles.